The van der Waals surface area contributed by atoms with Gasteiger partial charge < -0.3 is 4.74 Å². The van der Waals surface area contributed by atoms with Crippen LogP contribution < -0.4 is 0 Å². The Bertz CT molecular complexity index is 237. The molecule has 0 spiro atoms. The summed E-state index contributed by atoms with van der Waals surface area (Å²) in [6, 6.07) is 0. The van der Waals surface area contributed by atoms with Crippen LogP contribution in [0.25, 0.3) is 0 Å². The van der Waals surface area contributed by atoms with E-state index in [4.69, 9.17) is 4.74 Å². The van der Waals surface area contributed by atoms with Crippen molar-refractivity contribution in [3.8, 4) is 11.8 Å². The molecule has 0 radical (unpaired) electrons. The Morgan fingerprint density at radius 1 is 1.43 bits per heavy atom. The summed E-state index contributed by atoms with van der Waals surface area (Å²) < 4.78 is 31.6. The fourth-order valence-corrected chi connectivity index (χ4v) is 1.55. The topological polar surface area (TPSA) is 9.23 Å². The van der Waals surface area contributed by atoms with Gasteiger partial charge in [0.25, 0.3) is 0 Å². The summed E-state index contributed by atoms with van der Waals surface area (Å²) in [6.07, 6.45) is 1.47. The summed E-state index contributed by atoms with van der Waals surface area (Å²) >= 11 is 0. The second-order valence-electron chi connectivity index (χ2n) is 3.91. The quantitative estimate of drug-likeness (QED) is 0.625. The lowest BCUT2D eigenvalue weighted by atomic mass is 10.0. The molecule has 0 saturated carbocycles. The van der Waals surface area contributed by atoms with E-state index in [0.29, 0.717) is 12.8 Å². The van der Waals surface area contributed by atoms with E-state index in [9.17, 15) is 8.78 Å². The van der Waals surface area contributed by atoms with Crippen LogP contribution >= 0.6 is 0 Å². The highest BCUT2D eigenvalue weighted by molar-refractivity contribution is 5.11. The second kappa shape index (κ2) is 4.75. The monoisotopic (exact) mass is 202 g/mol. The number of hydrogen-bond donors (Lipinski definition) is 0. The van der Waals surface area contributed by atoms with Gasteiger partial charge >= 0.3 is 5.92 Å². The summed E-state index contributed by atoms with van der Waals surface area (Å²) in [4.78, 5) is 0. The molecule has 0 fully saturated rings. The van der Waals surface area contributed by atoms with Crippen molar-refractivity contribution in [1.29, 1.82) is 0 Å². The van der Waals surface area contributed by atoms with Gasteiger partial charge in [-0.25, -0.2) is 0 Å². The van der Waals surface area contributed by atoms with E-state index in [1.165, 1.54) is 0 Å². The van der Waals surface area contributed by atoms with E-state index < -0.39 is 5.92 Å². The van der Waals surface area contributed by atoms with Gasteiger partial charge in [0.1, 0.15) is 0 Å². The molecule has 0 aliphatic heterocycles. The van der Waals surface area contributed by atoms with E-state index in [-0.39, 0.29) is 18.6 Å². The van der Waals surface area contributed by atoms with Crippen LogP contribution in [-0.2, 0) is 4.74 Å². The minimum absolute atomic E-state index is 0.00295. The molecule has 0 saturated heterocycles. The van der Waals surface area contributed by atoms with E-state index in [1.807, 2.05) is 19.8 Å². The van der Waals surface area contributed by atoms with Crippen molar-refractivity contribution in [2.75, 3.05) is 0 Å². The highest BCUT2D eigenvalue weighted by Gasteiger charge is 2.31. The summed E-state index contributed by atoms with van der Waals surface area (Å²) in [5, 5.41) is 0. The summed E-state index contributed by atoms with van der Waals surface area (Å²) in [5.41, 5.74) is 0. The lowest BCUT2D eigenvalue weighted by molar-refractivity contribution is -0.0559. The Kier molecular flexibility index (Phi) is 3.88. The van der Waals surface area contributed by atoms with Gasteiger partial charge in [0.2, 0.25) is 0 Å². The Hall–Kier alpha value is -0.620. The van der Waals surface area contributed by atoms with Gasteiger partial charge in [-0.1, -0.05) is 5.92 Å². The van der Waals surface area contributed by atoms with Gasteiger partial charge in [-0.15, -0.1) is 0 Å². The minimum Gasteiger partial charge on any atom is -0.375 e. The molecule has 1 rings (SSSR count). The van der Waals surface area contributed by atoms with Crippen molar-refractivity contribution in [3.05, 3.63) is 0 Å². The molecule has 14 heavy (non-hydrogen) atoms. The van der Waals surface area contributed by atoms with Crippen molar-refractivity contribution in [1.82, 2.24) is 0 Å². The van der Waals surface area contributed by atoms with Crippen molar-refractivity contribution in [3.63, 3.8) is 0 Å². The lowest BCUT2D eigenvalue weighted by Gasteiger charge is -2.23. The zero-order valence-electron chi connectivity index (χ0n) is 8.65. The Balaban J connectivity index is 2.58. The first-order valence-electron chi connectivity index (χ1n) is 5.03. The molecule has 80 valence electrons. The average molecular weight is 202 g/mol. The molecule has 3 heteroatoms. The van der Waals surface area contributed by atoms with Crippen molar-refractivity contribution in [2.24, 2.45) is 0 Å². The molecule has 0 amide bonds. The maximum Gasteiger partial charge on any atom is 0.310 e. The van der Waals surface area contributed by atoms with Crippen LogP contribution in [0.15, 0.2) is 0 Å². The van der Waals surface area contributed by atoms with Crippen LogP contribution in [0.3, 0.4) is 0 Å². The number of rotatable bonds is 2. The van der Waals surface area contributed by atoms with E-state index in [1.54, 1.807) is 0 Å². The molecular formula is C11H16F2O. The normalized spacial score (nSPS) is 26.2. The maximum atomic E-state index is 13.1. The predicted octanol–water partition coefficient (Wildman–Crippen LogP) is 2.99. The minimum atomic E-state index is -2.88. The molecule has 0 heterocycles. The van der Waals surface area contributed by atoms with Gasteiger partial charge in [-0.3, -0.25) is 0 Å². The summed E-state index contributed by atoms with van der Waals surface area (Å²) in [5.74, 6) is 1.62. The smallest absolute Gasteiger partial charge is 0.310 e. The number of alkyl halides is 2. The van der Waals surface area contributed by atoms with Crippen LogP contribution in [0.1, 0.15) is 39.5 Å². The third-order valence-electron chi connectivity index (χ3n) is 2.05. The highest BCUT2D eigenvalue weighted by atomic mass is 19.3. The molecule has 1 atom stereocenters. The first kappa shape index (κ1) is 11.5. The summed E-state index contributed by atoms with van der Waals surface area (Å²) in [7, 11) is 0. The molecule has 0 N–H and O–H groups in total. The highest BCUT2D eigenvalue weighted by Crippen LogP contribution is 2.25. The summed E-state index contributed by atoms with van der Waals surface area (Å²) in [6.45, 7) is 3.73. The van der Waals surface area contributed by atoms with Gasteiger partial charge in [0.05, 0.1) is 12.2 Å². The lowest BCUT2D eigenvalue weighted by Crippen LogP contribution is -2.28. The van der Waals surface area contributed by atoms with E-state index in [2.05, 4.69) is 5.92 Å². The first-order chi connectivity index (χ1) is 6.49. The fraction of sp³-hybridized carbons (Fsp3) is 0.818. The Morgan fingerprint density at radius 2 is 2.14 bits per heavy atom. The number of halogens is 2. The molecule has 1 aliphatic rings. The van der Waals surface area contributed by atoms with Crippen LogP contribution in [0.5, 0.6) is 0 Å². The third kappa shape index (κ3) is 4.06. The van der Waals surface area contributed by atoms with Crippen LogP contribution in [-0.4, -0.2) is 18.1 Å². The molecule has 1 unspecified atom stereocenters. The number of ether oxygens (including phenoxy) is 1. The fourth-order valence-electron chi connectivity index (χ4n) is 1.55. The molecule has 0 aromatic carbocycles. The molecule has 0 bridgehead atoms. The van der Waals surface area contributed by atoms with Crippen molar-refractivity contribution >= 4 is 0 Å². The molecule has 0 aromatic heterocycles. The standard InChI is InChI=1S/C11H16F2O/c1-9(2)14-10-6-4-3-5-7-11(12,13)8-10/h9-10H,3-4,6,8H2,1-2H3. The van der Waals surface area contributed by atoms with Crippen LogP contribution in [0, 0.1) is 11.8 Å². The Labute approximate surface area is 83.8 Å². The largest absolute Gasteiger partial charge is 0.375 e. The van der Waals surface area contributed by atoms with Crippen LogP contribution in [0.2, 0.25) is 0 Å². The average Bonchev–Trinajstić information content (AvgIpc) is 1.98. The van der Waals surface area contributed by atoms with E-state index in [0.717, 1.165) is 6.42 Å². The van der Waals surface area contributed by atoms with Crippen molar-refractivity contribution < 1.29 is 13.5 Å². The second-order valence-corrected chi connectivity index (χ2v) is 3.91. The van der Waals surface area contributed by atoms with Crippen LogP contribution in [0.4, 0.5) is 8.78 Å². The first-order valence-corrected chi connectivity index (χ1v) is 5.03. The molecule has 1 nitrogen and oxygen atoms in total. The zero-order valence-corrected chi connectivity index (χ0v) is 8.65. The zero-order chi connectivity index (χ0) is 10.6. The van der Waals surface area contributed by atoms with Gasteiger partial charge in [-0.05, 0) is 32.6 Å². The molecule has 1 aliphatic carbocycles. The van der Waals surface area contributed by atoms with Gasteiger partial charge in [0, 0.05) is 12.8 Å². The SMILES string of the molecule is CC(C)OC1CCCC#CC(F)(F)C1. The van der Waals surface area contributed by atoms with Gasteiger partial charge in [-0.2, -0.15) is 8.78 Å². The van der Waals surface area contributed by atoms with Gasteiger partial charge in [0.15, 0.2) is 0 Å². The van der Waals surface area contributed by atoms with E-state index >= 15 is 0 Å². The Morgan fingerprint density at radius 3 is 2.79 bits per heavy atom. The third-order valence-corrected chi connectivity index (χ3v) is 2.05. The predicted molar refractivity (Wildman–Crippen MR) is 51.2 cm³/mol. The maximum absolute atomic E-state index is 13.1. The van der Waals surface area contributed by atoms with Crippen molar-refractivity contribution in [2.45, 2.75) is 57.7 Å². The molecular weight excluding hydrogens is 186 g/mol. The number of hydrogen-bond acceptors (Lipinski definition) is 1. The molecule has 0 aromatic rings.